The molecule has 0 atom stereocenters. The molecule has 0 saturated carbocycles. The molecule has 5 rings (SSSR count). The molecule has 25 heavy (non-hydrogen) atoms. The van der Waals surface area contributed by atoms with E-state index in [9.17, 15) is 0 Å². The van der Waals surface area contributed by atoms with Gasteiger partial charge in [0.05, 0.1) is 27.2 Å². The molecule has 0 N–H and O–H groups in total. The number of hydrogen-bond acceptors (Lipinski definition) is 3. The fraction of sp³-hybridized carbons (Fsp3) is 0.143. The van der Waals surface area contributed by atoms with E-state index < -0.39 is 0 Å². The van der Waals surface area contributed by atoms with Gasteiger partial charge in [-0.2, -0.15) is 0 Å². The van der Waals surface area contributed by atoms with Crippen molar-refractivity contribution in [2.75, 3.05) is 0 Å². The third kappa shape index (κ3) is 2.26. The molecular weight excluding hydrogens is 348 g/mol. The molecule has 1 aliphatic heterocycles. The number of fused-ring (bicyclic) bond motifs is 6. The van der Waals surface area contributed by atoms with E-state index in [0.29, 0.717) is 5.02 Å². The number of hydrogen-bond donors (Lipinski definition) is 0. The molecule has 1 aliphatic rings. The van der Waals surface area contributed by atoms with E-state index in [1.807, 2.05) is 30.0 Å². The van der Waals surface area contributed by atoms with Gasteiger partial charge in [0, 0.05) is 15.5 Å². The maximum absolute atomic E-state index is 6.15. The molecule has 1 aromatic heterocycles. The number of benzene rings is 3. The van der Waals surface area contributed by atoms with Gasteiger partial charge in [-0.15, -0.1) is 11.8 Å². The molecule has 4 heteroatoms. The van der Waals surface area contributed by atoms with Crippen LogP contribution in [0.1, 0.15) is 19.5 Å². The van der Waals surface area contributed by atoms with Crippen LogP contribution in [0.2, 0.25) is 5.02 Å². The van der Waals surface area contributed by atoms with Crippen molar-refractivity contribution in [1.82, 2.24) is 9.97 Å². The summed E-state index contributed by atoms with van der Waals surface area (Å²) in [6.07, 6.45) is 0. The quantitative estimate of drug-likeness (QED) is 0.359. The predicted octanol–water partition coefficient (Wildman–Crippen LogP) is 6.44. The molecule has 0 bridgehead atoms. The van der Waals surface area contributed by atoms with Crippen LogP contribution in [-0.2, 0) is 4.75 Å². The molecule has 0 fully saturated rings. The normalized spacial score (nSPS) is 15.2. The third-order valence-electron chi connectivity index (χ3n) is 4.69. The number of halogens is 1. The Hall–Kier alpha value is -2.10. The van der Waals surface area contributed by atoms with Crippen molar-refractivity contribution in [3.05, 3.63) is 65.3 Å². The molecule has 122 valence electrons. The lowest BCUT2D eigenvalue weighted by Gasteiger charge is -2.32. The van der Waals surface area contributed by atoms with Crippen molar-refractivity contribution in [3.8, 4) is 11.3 Å². The molecule has 4 aromatic rings. The minimum Gasteiger partial charge on any atom is -0.247 e. The molecule has 0 spiro atoms. The first-order valence-corrected chi connectivity index (χ1v) is 9.41. The largest absolute Gasteiger partial charge is 0.247 e. The Kier molecular flexibility index (Phi) is 3.16. The summed E-state index contributed by atoms with van der Waals surface area (Å²) in [5.41, 5.74) is 4.91. The average Bonchev–Trinajstić information content (AvgIpc) is 2.60. The van der Waals surface area contributed by atoms with Gasteiger partial charge in [-0.1, -0.05) is 48.0 Å². The maximum atomic E-state index is 6.15. The molecule has 3 aromatic carbocycles. The first kappa shape index (κ1) is 15.2. The highest BCUT2D eigenvalue weighted by Gasteiger charge is 2.35. The van der Waals surface area contributed by atoms with Gasteiger partial charge in [0.25, 0.3) is 0 Å². The van der Waals surface area contributed by atoms with Gasteiger partial charge in [0.2, 0.25) is 0 Å². The lowest BCUT2D eigenvalue weighted by molar-refractivity contribution is 0.743. The van der Waals surface area contributed by atoms with Gasteiger partial charge in [0.15, 0.2) is 0 Å². The molecular formula is C21H15ClN2S. The van der Waals surface area contributed by atoms with E-state index in [2.05, 4.69) is 50.2 Å². The lowest BCUT2D eigenvalue weighted by atomic mass is 9.97. The summed E-state index contributed by atoms with van der Waals surface area (Å²) in [5, 5.41) is 3.23. The van der Waals surface area contributed by atoms with Gasteiger partial charge in [-0.05, 0) is 42.8 Å². The van der Waals surface area contributed by atoms with E-state index >= 15 is 0 Å². The standard InChI is InChI=1S/C21H15ClN2S/c1-21(2)20-18(23-16-10-8-13(22)11-17(16)24-20)15-9-7-12-5-3-4-6-14(12)19(15)25-21/h3-11H,1-2H3. The van der Waals surface area contributed by atoms with E-state index in [1.165, 1.54) is 21.2 Å². The Labute approximate surface area is 155 Å². The summed E-state index contributed by atoms with van der Waals surface area (Å²) in [6, 6.07) is 18.6. The average molecular weight is 363 g/mol. The van der Waals surface area contributed by atoms with Crippen LogP contribution in [0.5, 0.6) is 0 Å². The second-order valence-electron chi connectivity index (χ2n) is 6.83. The monoisotopic (exact) mass is 362 g/mol. The zero-order chi connectivity index (χ0) is 17.2. The van der Waals surface area contributed by atoms with Gasteiger partial charge < -0.3 is 0 Å². The summed E-state index contributed by atoms with van der Waals surface area (Å²) in [7, 11) is 0. The summed E-state index contributed by atoms with van der Waals surface area (Å²) in [4.78, 5) is 11.2. The first-order valence-electron chi connectivity index (χ1n) is 8.22. The summed E-state index contributed by atoms with van der Waals surface area (Å²) in [5.74, 6) is 0. The highest BCUT2D eigenvalue weighted by atomic mass is 35.5. The summed E-state index contributed by atoms with van der Waals surface area (Å²) < 4.78 is -0.157. The van der Waals surface area contributed by atoms with Crippen LogP contribution in [0.25, 0.3) is 33.1 Å². The van der Waals surface area contributed by atoms with Crippen molar-refractivity contribution in [2.24, 2.45) is 0 Å². The van der Waals surface area contributed by atoms with Crippen molar-refractivity contribution in [1.29, 1.82) is 0 Å². The number of aromatic nitrogens is 2. The van der Waals surface area contributed by atoms with Crippen molar-refractivity contribution in [2.45, 2.75) is 23.5 Å². The number of rotatable bonds is 0. The smallest absolute Gasteiger partial charge is 0.0951 e. The predicted molar refractivity (Wildman–Crippen MR) is 106 cm³/mol. The fourth-order valence-electron chi connectivity index (χ4n) is 3.48. The van der Waals surface area contributed by atoms with Crippen LogP contribution in [0.4, 0.5) is 0 Å². The van der Waals surface area contributed by atoms with Crippen LogP contribution >= 0.6 is 23.4 Å². The van der Waals surface area contributed by atoms with Gasteiger partial charge >= 0.3 is 0 Å². The molecule has 0 unspecified atom stereocenters. The SMILES string of the molecule is CC1(C)Sc2c(ccc3ccccc23)-c2nc3ccc(Cl)cc3nc21. The summed E-state index contributed by atoms with van der Waals surface area (Å²) >= 11 is 8.01. The highest BCUT2D eigenvalue weighted by Crippen LogP contribution is 2.53. The van der Waals surface area contributed by atoms with Gasteiger partial charge in [-0.25, -0.2) is 9.97 Å². The van der Waals surface area contributed by atoms with E-state index in [-0.39, 0.29) is 4.75 Å². The van der Waals surface area contributed by atoms with Crippen LogP contribution in [0.3, 0.4) is 0 Å². The summed E-state index contributed by atoms with van der Waals surface area (Å²) in [6.45, 7) is 4.43. The van der Waals surface area contributed by atoms with Gasteiger partial charge in [0.1, 0.15) is 0 Å². The molecule has 0 radical (unpaired) electrons. The fourth-order valence-corrected chi connectivity index (χ4v) is 4.96. The highest BCUT2D eigenvalue weighted by molar-refractivity contribution is 8.00. The lowest BCUT2D eigenvalue weighted by Crippen LogP contribution is -2.20. The molecule has 0 aliphatic carbocycles. The Morgan fingerprint density at radius 2 is 1.76 bits per heavy atom. The topological polar surface area (TPSA) is 25.8 Å². The van der Waals surface area contributed by atoms with Crippen LogP contribution in [0.15, 0.2) is 59.5 Å². The van der Waals surface area contributed by atoms with Crippen molar-refractivity contribution >= 4 is 45.2 Å². The Bertz CT molecular complexity index is 1170. The minimum absolute atomic E-state index is 0.157. The molecule has 0 amide bonds. The molecule has 2 heterocycles. The van der Waals surface area contributed by atoms with Crippen molar-refractivity contribution < 1.29 is 0 Å². The van der Waals surface area contributed by atoms with Crippen LogP contribution in [-0.4, -0.2) is 9.97 Å². The second-order valence-corrected chi connectivity index (χ2v) is 8.90. The van der Waals surface area contributed by atoms with Gasteiger partial charge in [-0.3, -0.25) is 0 Å². The maximum Gasteiger partial charge on any atom is 0.0951 e. The zero-order valence-corrected chi connectivity index (χ0v) is 15.4. The van der Waals surface area contributed by atoms with E-state index in [1.54, 1.807) is 0 Å². The zero-order valence-electron chi connectivity index (χ0n) is 13.9. The van der Waals surface area contributed by atoms with Crippen LogP contribution in [0, 0.1) is 0 Å². The van der Waals surface area contributed by atoms with E-state index in [0.717, 1.165) is 22.4 Å². The van der Waals surface area contributed by atoms with E-state index in [4.69, 9.17) is 21.6 Å². The minimum atomic E-state index is -0.157. The Morgan fingerprint density at radius 1 is 0.920 bits per heavy atom. The first-order chi connectivity index (χ1) is 12.0. The third-order valence-corrected chi connectivity index (χ3v) is 6.27. The van der Waals surface area contributed by atoms with Crippen LogP contribution < -0.4 is 0 Å². The molecule has 0 saturated heterocycles. The number of thioether (sulfide) groups is 1. The number of nitrogens with zero attached hydrogens (tertiary/aromatic N) is 2. The Morgan fingerprint density at radius 3 is 2.64 bits per heavy atom. The molecule has 2 nitrogen and oxygen atoms in total. The Balaban J connectivity index is 1.89. The second kappa shape index (κ2) is 5.20. The van der Waals surface area contributed by atoms with Crippen molar-refractivity contribution in [3.63, 3.8) is 0 Å².